The predicted octanol–water partition coefficient (Wildman–Crippen LogP) is 4.24. The second-order valence-corrected chi connectivity index (χ2v) is 5.90. The molecule has 1 aromatic carbocycles. The summed E-state index contributed by atoms with van der Waals surface area (Å²) in [7, 11) is 0. The Morgan fingerprint density at radius 1 is 1.15 bits per heavy atom. The molecule has 2 nitrogen and oxygen atoms in total. The van der Waals surface area contributed by atoms with Crippen LogP contribution in [-0.4, -0.2) is 18.2 Å². The maximum atomic E-state index is 10.1. The van der Waals surface area contributed by atoms with Crippen molar-refractivity contribution in [3.8, 4) is 0 Å². The molecule has 1 aliphatic rings. The second kappa shape index (κ2) is 8.46. The van der Waals surface area contributed by atoms with Crippen molar-refractivity contribution in [2.75, 3.05) is 13.1 Å². The first kappa shape index (κ1) is 15.6. The summed E-state index contributed by atoms with van der Waals surface area (Å²) in [5.41, 5.74) is 2.54. The number of benzene rings is 1. The van der Waals surface area contributed by atoms with Crippen LogP contribution in [0.4, 0.5) is 0 Å². The van der Waals surface area contributed by atoms with Crippen LogP contribution in [0.5, 0.6) is 0 Å². The lowest BCUT2D eigenvalue weighted by Crippen LogP contribution is -2.19. The Morgan fingerprint density at radius 3 is 2.65 bits per heavy atom. The van der Waals surface area contributed by atoms with E-state index in [9.17, 15) is 5.11 Å². The van der Waals surface area contributed by atoms with Crippen molar-refractivity contribution in [3.05, 3.63) is 46.5 Å². The summed E-state index contributed by atoms with van der Waals surface area (Å²) in [5.74, 6) is 0. The Bertz CT molecular complexity index is 427. The molecule has 1 atom stereocenters. The van der Waals surface area contributed by atoms with Crippen molar-refractivity contribution in [2.45, 2.75) is 44.6 Å². The highest BCUT2D eigenvalue weighted by Crippen LogP contribution is 2.20. The Hall–Kier alpha value is -0.830. The van der Waals surface area contributed by atoms with Crippen LogP contribution in [0.1, 0.15) is 50.2 Å². The third-order valence-corrected chi connectivity index (χ3v) is 4.11. The topological polar surface area (TPSA) is 32.3 Å². The van der Waals surface area contributed by atoms with Gasteiger partial charge in [-0.15, -0.1) is 0 Å². The lowest BCUT2D eigenvalue weighted by molar-refractivity contribution is 0.167. The Morgan fingerprint density at radius 2 is 1.95 bits per heavy atom. The van der Waals surface area contributed by atoms with Gasteiger partial charge in [-0.3, -0.25) is 0 Å². The normalized spacial score (nSPS) is 16.8. The van der Waals surface area contributed by atoms with E-state index in [-0.39, 0.29) is 0 Å². The van der Waals surface area contributed by atoms with E-state index in [4.69, 9.17) is 11.6 Å². The minimum absolute atomic E-state index is 0.409. The Kier molecular flexibility index (Phi) is 6.58. The van der Waals surface area contributed by atoms with Crippen molar-refractivity contribution >= 4 is 11.6 Å². The molecule has 0 aromatic heterocycles. The molecule has 0 saturated heterocycles. The molecule has 0 spiro atoms. The molecule has 0 heterocycles. The smallest absolute Gasteiger partial charge is 0.0802 e. The summed E-state index contributed by atoms with van der Waals surface area (Å²) in [6, 6.07) is 7.42. The van der Waals surface area contributed by atoms with E-state index in [1.165, 1.54) is 25.7 Å². The molecule has 0 fully saturated rings. The van der Waals surface area contributed by atoms with Crippen LogP contribution in [0.15, 0.2) is 35.9 Å². The molecule has 110 valence electrons. The van der Waals surface area contributed by atoms with Gasteiger partial charge >= 0.3 is 0 Å². The molecule has 0 amide bonds. The molecule has 1 aliphatic carbocycles. The monoisotopic (exact) mass is 293 g/mol. The number of nitrogens with one attached hydrogen (secondary N) is 1. The summed E-state index contributed by atoms with van der Waals surface area (Å²) < 4.78 is 0. The summed E-state index contributed by atoms with van der Waals surface area (Å²) in [5, 5.41) is 14.2. The minimum Gasteiger partial charge on any atom is -0.388 e. The van der Waals surface area contributed by atoms with Crippen LogP contribution in [0.25, 0.3) is 0 Å². The molecule has 2 N–H and O–H groups in total. The molecule has 20 heavy (non-hydrogen) atoms. The zero-order valence-corrected chi connectivity index (χ0v) is 12.7. The van der Waals surface area contributed by atoms with Gasteiger partial charge in [0.15, 0.2) is 0 Å². The van der Waals surface area contributed by atoms with Crippen molar-refractivity contribution in [2.24, 2.45) is 0 Å². The van der Waals surface area contributed by atoms with Crippen LogP contribution >= 0.6 is 11.6 Å². The van der Waals surface area contributed by atoms with E-state index in [2.05, 4.69) is 11.4 Å². The Balaban J connectivity index is 1.60. The molecule has 3 heteroatoms. The first-order chi connectivity index (χ1) is 9.75. The van der Waals surface area contributed by atoms with Gasteiger partial charge in [-0.1, -0.05) is 35.4 Å². The van der Waals surface area contributed by atoms with Gasteiger partial charge in [0.2, 0.25) is 0 Å². The molecular formula is C17H24ClNO. The van der Waals surface area contributed by atoms with Crippen LogP contribution in [0.2, 0.25) is 5.02 Å². The minimum atomic E-state index is -0.409. The molecule has 1 aromatic rings. The van der Waals surface area contributed by atoms with Crippen LogP contribution in [-0.2, 0) is 0 Å². The van der Waals surface area contributed by atoms with Gasteiger partial charge in [-0.25, -0.2) is 0 Å². The predicted molar refractivity (Wildman–Crippen MR) is 85.1 cm³/mol. The second-order valence-electron chi connectivity index (χ2n) is 5.46. The average molecular weight is 294 g/mol. The molecule has 1 unspecified atom stereocenters. The number of hydrogen-bond donors (Lipinski definition) is 2. The van der Waals surface area contributed by atoms with E-state index in [0.717, 1.165) is 31.5 Å². The maximum absolute atomic E-state index is 10.1. The van der Waals surface area contributed by atoms with Crippen LogP contribution < -0.4 is 5.32 Å². The standard InChI is InChI=1S/C17H24ClNO/c18-16-8-6-15(7-9-16)17(20)11-13-19-12-10-14-4-2-1-3-5-14/h4,6-9,17,19-20H,1-3,5,10-13H2. The number of hydrogen-bond acceptors (Lipinski definition) is 2. The molecular weight excluding hydrogens is 270 g/mol. The molecule has 0 radical (unpaired) electrons. The Labute approximate surface area is 126 Å². The largest absolute Gasteiger partial charge is 0.388 e. The van der Waals surface area contributed by atoms with Crippen LogP contribution in [0, 0.1) is 0 Å². The first-order valence-corrected chi connectivity index (χ1v) is 7.95. The molecule has 0 saturated carbocycles. The maximum Gasteiger partial charge on any atom is 0.0802 e. The highest BCUT2D eigenvalue weighted by atomic mass is 35.5. The van der Waals surface area contributed by atoms with Gasteiger partial charge < -0.3 is 10.4 Å². The lowest BCUT2D eigenvalue weighted by Gasteiger charge is -2.14. The quantitative estimate of drug-likeness (QED) is 0.582. The lowest BCUT2D eigenvalue weighted by atomic mass is 9.97. The van der Waals surface area contributed by atoms with E-state index in [1.54, 1.807) is 5.57 Å². The van der Waals surface area contributed by atoms with E-state index in [1.807, 2.05) is 24.3 Å². The number of allylic oxidation sites excluding steroid dienone is 1. The molecule has 0 bridgehead atoms. The zero-order valence-electron chi connectivity index (χ0n) is 11.9. The summed E-state index contributed by atoms with van der Waals surface area (Å²) in [6.45, 7) is 1.86. The van der Waals surface area contributed by atoms with Gasteiger partial charge in [0.05, 0.1) is 6.10 Å². The number of aliphatic hydroxyl groups is 1. The zero-order chi connectivity index (χ0) is 14.2. The first-order valence-electron chi connectivity index (χ1n) is 7.58. The average Bonchev–Trinajstić information content (AvgIpc) is 2.48. The highest BCUT2D eigenvalue weighted by Gasteiger charge is 2.07. The molecule has 2 rings (SSSR count). The summed E-state index contributed by atoms with van der Waals surface area (Å²) in [4.78, 5) is 0. The van der Waals surface area contributed by atoms with E-state index in [0.29, 0.717) is 5.02 Å². The molecule has 0 aliphatic heterocycles. The number of rotatable bonds is 7. The third-order valence-electron chi connectivity index (χ3n) is 3.86. The third kappa shape index (κ3) is 5.28. The van der Waals surface area contributed by atoms with Crippen molar-refractivity contribution in [1.82, 2.24) is 5.32 Å². The fraction of sp³-hybridized carbons (Fsp3) is 0.529. The van der Waals surface area contributed by atoms with Gasteiger partial charge in [0.1, 0.15) is 0 Å². The SMILES string of the molecule is OC(CCNCCC1=CCCCC1)c1ccc(Cl)cc1. The number of aliphatic hydroxyl groups excluding tert-OH is 1. The summed E-state index contributed by atoms with van der Waals surface area (Å²) >= 11 is 5.84. The summed E-state index contributed by atoms with van der Waals surface area (Å²) in [6.07, 6.45) is 9.10. The fourth-order valence-electron chi connectivity index (χ4n) is 2.60. The highest BCUT2D eigenvalue weighted by molar-refractivity contribution is 6.30. The van der Waals surface area contributed by atoms with Gasteiger partial charge in [-0.2, -0.15) is 0 Å². The van der Waals surface area contributed by atoms with Crippen molar-refractivity contribution < 1.29 is 5.11 Å². The van der Waals surface area contributed by atoms with E-state index < -0.39 is 6.10 Å². The van der Waals surface area contributed by atoms with Crippen molar-refractivity contribution in [3.63, 3.8) is 0 Å². The van der Waals surface area contributed by atoms with E-state index >= 15 is 0 Å². The van der Waals surface area contributed by atoms with Gasteiger partial charge in [0, 0.05) is 5.02 Å². The van der Waals surface area contributed by atoms with Gasteiger partial charge in [0.25, 0.3) is 0 Å². The van der Waals surface area contributed by atoms with Crippen molar-refractivity contribution in [1.29, 1.82) is 0 Å². The fourth-order valence-corrected chi connectivity index (χ4v) is 2.72. The number of halogens is 1. The van der Waals surface area contributed by atoms with Gasteiger partial charge in [-0.05, 0) is 69.3 Å². The van der Waals surface area contributed by atoms with Crippen LogP contribution in [0.3, 0.4) is 0 Å².